The molecule has 0 saturated heterocycles. The van der Waals surface area contributed by atoms with E-state index in [4.69, 9.17) is 0 Å². The van der Waals surface area contributed by atoms with Gasteiger partial charge < -0.3 is 22.4 Å². The highest BCUT2D eigenvalue weighted by atomic mass is 35.5. The Labute approximate surface area is 81.4 Å². The van der Waals surface area contributed by atoms with Crippen LogP contribution in [-0.2, 0) is 0 Å². The molecule has 1 saturated carbocycles. The molecule has 12 heavy (non-hydrogen) atoms. The van der Waals surface area contributed by atoms with Crippen LogP contribution in [0.2, 0.25) is 0 Å². The largest absolute Gasteiger partial charge is 1.00 e. The smallest absolute Gasteiger partial charge is 0.121 e. The minimum absolute atomic E-state index is 0. The van der Waals surface area contributed by atoms with Gasteiger partial charge in [0, 0.05) is 12.8 Å². The minimum Gasteiger partial charge on any atom is -1.00 e. The van der Waals surface area contributed by atoms with Crippen LogP contribution in [0.3, 0.4) is 0 Å². The molecular weight excluding hydrogens is 174 g/mol. The molecule has 0 heterocycles. The minimum atomic E-state index is 0. The van der Waals surface area contributed by atoms with E-state index in [0.717, 1.165) is 0 Å². The second-order valence-corrected chi connectivity index (χ2v) is 4.00. The van der Waals surface area contributed by atoms with Gasteiger partial charge in [-0.1, -0.05) is 6.42 Å². The third-order valence-corrected chi connectivity index (χ3v) is 3.17. The van der Waals surface area contributed by atoms with Crippen molar-refractivity contribution in [1.29, 1.82) is 0 Å². The number of hydrogen-bond donors (Lipinski definition) is 2. The highest BCUT2D eigenvalue weighted by Gasteiger charge is 2.36. The van der Waals surface area contributed by atoms with Gasteiger partial charge in [-0.25, -0.2) is 0 Å². The summed E-state index contributed by atoms with van der Waals surface area (Å²) in [6, 6.07) is 0. The summed E-state index contributed by atoms with van der Waals surface area (Å²) in [7, 11) is 4.31. The molecule has 2 nitrogen and oxygen atoms in total. The second kappa shape index (κ2) is 5.05. The van der Waals surface area contributed by atoms with E-state index in [9.17, 15) is 5.11 Å². The quantitative estimate of drug-likeness (QED) is 0.476. The number of aliphatic hydroxyl groups is 1. The van der Waals surface area contributed by atoms with Gasteiger partial charge in [0.1, 0.15) is 5.54 Å². The van der Waals surface area contributed by atoms with Crippen LogP contribution in [0.5, 0.6) is 0 Å². The molecule has 0 aliphatic heterocycles. The maximum atomic E-state index is 9.29. The summed E-state index contributed by atoms with van der Waals surface area (Å²) < 4.78 is 0. The van der Waals surface area contributed by atoms with Crippen LogP contribution >= 0.6 is 0 Å². The number of likely N-dealkylation sites (N-methyl/N-ethyl adjacent to an activating group) is 1. The SMILES string of the molecule is C[NH+](C)C1(CO)CCCCC1.[Cl-]. The second-order valence-electron chi connectivity index (χ2n) is 4.00. The molecule has 0 atom stereocenters. The normalized spacial score (nSPS) is 22.0. The zero-order chi connectivity index (χ0) is 8.32. The lowest BCUT2D eigenvalue weighted by Crippen LogP contribution is -3.16. The zero-order valence-electron chi connectivity index (χ0n) is 8.07. The molecule has 0 bridgehead atoms. The average molecular weight is 194 g/mol. The Morgan fingerprint density at radius 2 is 1.67 bits per heavy atom. The van der Waals surface area contributed by atoms with Gasteiger partial charge in [-0.05, 0) is 12.8 Å². The molecule has 0 aromatic carbocycles. The molecule has 1 rings (SSSR count). The van der Waals surface area contributed by atoms with Crippen molar-refractivity contribution in [2.45, 2.75) is 37.6 Å². The lowest BCUT2D eigenvalue weighted by atomic mass is 9.81. The predicted octanol–water partition coefficient (Wildman–Crippen LogP) is -3.17. The summed E-state index contributed by atoms with van der Waals surface area (Å²) in [6.07, 6.45) is 6.35. The first-order chi connectivity index (χ1) is 5.21. The highest BCUT2D eigenvalue weighted by Crippen LogP contribution is 2.24. The maximum absolute atomic E-state index is 9.29. The molecule has 0 amide bonds. The predicted molar refractivity (Wildman–Crippen MR) is 45.7 cm³/mol. The maximum Gasteiger partial charge on any atom is 0.121 e. The van der Waals surface area contributed by atoms with Crippen LogP contribution in [0.15, 0.2) is 0 Å². The zero-order valence-corrected chi connectivity index (χ0v) is 8.82. The van der Waals surface area contributed by atoms with Crippen molar-refractivity contribution in [2.24, 2.45) is 0 Å². The van der Waals surface area contributed by atoms with Crippen LogP contribution in [-0.4, -0.2) is 31.3 Å². The van der Waals surface area contributed by atoms with Gasteiger partial charge in [-0.15, -0.1) is 0 Å². The summed E-state index contributed by atoms with van der Waals surface area (Å²) in [5.74, 6) is 0. The number of nitrogens with one attached hydrogen (secondary N) is 1. The van der Waals surface area contributed by atoms with E-state index < -0.39 is 0 Å². The lowest BCUT2D eigenvalue weighted by Gasteiger charge is -2.38. The van der Waals surface area contributed by atoms with Crippen LogP contribution in [0.1, 0.15) is 32.1 Å². The Kier molecular flexibility index (Phi) is 5.14. The van der Waals surface area contributed by atoms with Crippen molar-refractivity contribution in [2.75, 3.05) is 20.7 Å². The third kappa shape index (κ3) is 2.35. The van der Waals surface area contributed by atoms with Crippen molar-refractivity contribution >= 4 is 0 Å². The molecule has 0 radical (unpaired) electrons. The van der Waals surface area contributed by atoms with Crippen molar-refractivity contribution in [3.8, 4) is 0 Å². The van der Waals surface area contributed by atoms with Crippen molar-refractivity contribution in [3.05, 3.63) is 0 Å². The molecule has 0 aromatic rings. The Bertz CT molecular complexity index is 122. The van der Waals surface area contributed by atoms with Gasteiger partial charge in [0.2, 0.25) is 0 Å². The summed E-state index contributed by atoms with van der Waals surface area (Å²) >= 11 is 0. The van der Waals surface area contributed by atoms with E-state index in [-0.39, 0.29) is 17.9 Å². The number of aliphatic hydroxyl groups excluding tert-OH is 1. The van der Waals surface area contributed by atoms with E-state index >= 15 is 0 Å². The van der Waals surface area contributed by atoms with Gasteiger partial charge in [0.15, 0.2) is 0 Å². The molecule has 0 spiro atoms. The summed E-state index contributed by atoms with van der Waals surface area (Å²) in [4.78, 5) is 1.42. The van der Waals surface area contributed by atoms with Crippen LogP contribution in [0.25, 0.3) is 0 Å². The Balaban J connectivity index is 0.00000121. The van der Waals surface area contributed by atoms with E-state index in [2.05, 4.69) is 14.1 Å². The molecule has 1 aliphatic carbocycles. The van der Waals surface area contributed by atoms with Gasteiger partial charge in [-0.3, -0.25) is 0 Å². The Morgan fingerprint density at radius 1 is 1.17 bits per heavy atom. The Morgan fingerprint density at radius 3 is 1.92 bits per heavy atom. The van der Waals surface area contributed by atoms with Gasteiger partial charge in [-0.2, -0.15) is 0 Å². The number of quaternary nitrogens is 1. The fourth-order valence-electron chi connectivity index (χ4n) is 2.04. The fraction of sp³-hybridized carbons (Fsp3) is 1.00. The van der Waals surface area contributed by atoms with E-state index in [1.807, 2.05) is 0 Å². The van der Waals surface area contributed by atoms with Crippen LogP contribution < -0.4 is 17.3 Å². The van der Waals surface area contributed by atoms with E-state index in [1.54, 1.807) is 0 Å². The van der Waals surface area contributed by atoms with Crippen LogP contribution in [0.4, 0.5) is 0 Å². The highest BCUT2D eigenvalue weighted by molar-refractivity contribution is 4.81. The monoisotopic (exact) mass is 193 g/mol. The molecule has 1 aliphatic rings. The molecule has 3 heteroatoms. The summed E-state index contributed by atoms with van der Waals surface area (Å²) in [5.41, 5.74) is 0.193. The van der Waals surface area contributed by atoms with Crippen molar-refractivity contribution < 1.29 is 22.4 Å². The van der Waals surface area contributed by atoms with Gasteiger partial charge >= 0.3 is 0 Å². The molecular formula is C9H20ClNO. The summed E-state index contributed by atoms with van der Waals surface area (Å²) in [6.45, 7) is 0.356. The summed E-state index contributed by atoms with van der Waals surface area (Å²) in [5, 5.41) is 9.29. The molecule has 1 fully saturated rings. The standard InChI is InChI=1S/C9H19NO.ClH/c1-10(2)9(8-11)6-4-3-5-7-9;/h11H,3-8H2,1-2H3;1H. The fourth-order valence-corrected chi connectivity index (χ4v) is 2.04. The lowest BCUT2D eigenvalue weighted by molar-refractivity contribution is -0.918. The average Bonchev–Trinajstić information content (AvgIpc) is 2.05. The van der Waals surface area contributed by atoms with Gasteiger partial charge in [0.05, 0.1) is 20.7 Å². The van der Waals surface area contributed by atoms with Crippen molar-refractivity contribution in [1.82, 2.24) is 0 Å². The number of rotatable bonds is 2. The Hall–Kier alpha value is 0.210. The number of hydrogen-bond acceptors (Lipinski definition) is 1. The van der Waals surface area contributed by atoms with Crippen molar-refractivity contribution in [3.63, 3.8) is 0 Å². The first-order valence-corrected chi connectivity index (χ1v) is 4.63. The first-order valence-electron chi connectivity index (χ1n) is 4.63. The van der Waals surface area contributed by atoms with E-state index in [1.165, 1.54) is 37.0 Å². The number of halogens is 1. The van der Waals surface area contributed by atoms with Crippen LogP contribution in [0, 0.1) is 0 Å². The van der Waals surface area contributed by atoms with E-state index in [0.29, 0.717) is 6.61 Å². The van der Waals surface area contributed by atoms with Gasteiger partial charge in [0.25, 0.3) is 0 Å². The first kappa shape index (κ1) is 12.2. The molecule has 0 aromatic heterocycles. The molecule has 0 unspecified atom stereocenters. The third-order valence-electron chi connectivity index (χ3n) is 3.17. The molecule has 74 valence electrons. The molecule has 2 N–H and O–H groups in total. The topological polar surface area (TPSA) is 24.7 Å².